The molecule has 0 saturated carbocycles. The molecule has 0 aliphatic carbocycles. The Morgan fingerprint density at radius 2 is 1.92 bits per heavy atom. The topological polar surface area (TPSA) is 76.1 Å². The lowest BCUT2D eigenvalue weighted by molar-refractivity contribution is 0.0690. The number of fused-ring (bicyclic) bond motifs is 1. The van der Waals surface area contributed by atoms with Gasteiger partial charge in [-0.05, 0) is 48.7 Å². The summed E-state index contributed by atoms with van der Waals surface area (Å²) in [5, 5.41) is 8.93. The molecule has 2 heterocycles. The summed E-state index contributed by atoms with van der Waals surface area (Å²) in [7, 11) is 0. The number of benzene rings is 2. The number of nitrogens with zero attached hydrogens (tertiary/aromatic N) is 1. The highest BCUT2D eigenvalue weighted by molar-refractivity contribution is 5.96. The van der Waals surface area contributed by atoms with Gasteiger partial charge in [0.2, 0.25) is 6.79 Å². The number of carboxylic acid groups (broad SMARTS) is 1. The van der Waals surface area contributed by atoms with E-state index in [-0.39, 0.29) is 24.0 Å². The summed E-state index contributed by atoms with van der Waals surface area (Å²) < 4.78 is 25.0. The number of halogens is 1. The van der Waals surface area contributed by atoms with E-state index in [0.29, 0.717) is 18.0 Å². The Balaban J connectivity index is 1.62. The third kappa shape index (κ3) is 2.75. The van der Waals surface area contributed by atoms with Gasteiger partial charge in [0.25, 0.3) is 5.91 Å². The van der Waals surface area contributed by atoms with Gasteiger partial charge in [0.1, 0.15) is 5.82 Å². The Labute approximate surface area is 148 Å². The first-order valence-corrected chi connectivity index (χ1v) is 8.28. The van der Waals surface area contributed by atoms with Crippen LogP contribution in [0.3, 0.4) is 0 Å². The summed E-state index contributed by atoms with van der Waals surface area (Å²) in [4.78, 5) is 25.4. The predicted molar refractivity (Wildman–Crippen MR) is 88.9 cm³/mol. The smallest absolute Gasteiger partial charge is 0.335 e. The van der Waals surface area contributed by atoms with Crippen LogP contribution in [0, 0.1) is 5.82 Å². The van der Waals surface area contributed by atoms with E-state index in [1.54, 1.807) is 11.0 Å². The van der Waals surface area contributed by atoms with Crippen molar-refractivity contribution in [3.05, 3.63) is 58.9 Å². The number of aromatic carboxylic acids is 1. The minimum atomic E-state index is -1.23. The van der Waals surface area contributed by atoms with Gasteiger partial charge in [0.15, 0.2) is 11.5 Å². The Hall–Kier alpha value is -3.09. The maximum absolute atomic E-state index is 14.3. The first-order valence-electron chi connectivity index (χ1n) is 8.28. The van der Waals surface area contributed by atoms with Crippen LogP contribution in [0.15, 0.2) is 36.4 Å². The molecule has 0 radical (unpaired) electrons. The molecule has 7 heteroatoms. The average molecular weight is 357 g/mol. The summed E-state index contributed by atoms with van der Waals surface area (Å²) >= 11 is 0. The molecule has 26 heavy (non-hydrogen) atoms. The van der Waals surface area contributed by atoms with Crippen molar-refractivity contribution in [1.29, 1.82) is 0 Å². The van der Waals surface area contributed by atoms with Gasteiger partial charge < -0.3 is 19.5 Å². The van der Waals surface area contributed by atoms with Crippen molar-refractivity contribution in [3.63, 3.8) is 0 Å². The van der Waals surface area contributed by atoms with Crippen LogP contribution in [0.5, 0.6) is 11.5 Å². The zero-order valence-electron chi connectivity index (χ0n) is 13.8. The second-order valence-electron chi connectivity index (χ2n) is 6.27. The lowest BCUT2D eigenvalue weighted by Gasteiger charge is -2.25. The fourth-order valence-electron chi connectivity index (χ4n) is 3.45. The first-order chi connectivity index (χ1) is 12.5. The van der Waals surface area contributed by atoms with Gasteiger partial charge in [-0.15, -0.1) is 0 Å². The summed E-state index contributed by atoms with van der Waals surface area (Å²) in [6.45, 7) is 0.686. The monoisotopic (exact) mass is 357 g/mol. The van der Waals surface area contributed by atoms with Crippen LogP contribution in [0.4, 0.5) is 4.39 Å². The van der Waals surface area contributed by atoms with Gasteiger partial charge in [-0.2, -0.15) is 0 Å². The summed E-state index contributed by atoms with van der Waals surface area (Å²) in [6, 6.07) is 8.70. The highest BCUT2D eigenvalue weighted by atomic mass is 19.1. The summed E-state index contributed by atoms with van der Waals surface area (Å²) in [5.41, 5.74) is 0.595. The summed E-state index contributed by atoms with van der Waals surface area (Å²) in [5.74, 6) is -1.20. The van der Waals surface area contributed by atoms with Crippen LogP contribution in [0.2, 0.25) is 0 Å². The average Bonchev–Trinajstić information content (AvgIpc) is 3.29. The molecule has 2 aliphatic heterocycles. The number of hydrogen-bond acceptors (Lipinski definition) is 4. The molecule has 0 bridgehead atoms. The van der Waals surface area contributed by atoms with E-state index in [2.05, 4.69) is 0 Å². The van der Waals surface area contributed by atoms with E-state index in [4.69, 9.17) is 14.6 Å². The number of hydrogen-bond donors (Lipinski definition) is 1. The van der Waals surface area contributed by atoms with Crippen LogP contribution in [-0.2, 0) is 0 Å². The minimum absolute atomic E-state index is 0.123. The molecule has 1 fully saturated rings. The van der Waals surface area contributed by atoms with Gasteiger partial charge in [-0.1, -0.05) is 6.07 Å². The zero-order chi connectivity index (χ0) is 18.3. The fourth-order valence-corrected chi connectivity index (χ4v) is 3.45. The Kier molecular flexibility index (Phi) is 3.99. The lowest BCUT2D eigenvalue weighted by Crippen LogP contribution is -2.31. The molecule has 2 aliphatic rings. The zero-order valence-corrected chi connectivity index (χ0v) is 13.8. The Morgan fingerprint density at radius 3 is 2.69 bits per heavy atom. The van der Waals surface area contributed by atoms with Crippen LogP contribution in [0.1, 0.15) is 45.2 Å². The number of carbonyl (C=O) groups is 2. The molecule has 2 aromatic rings. The van der Waals surface area contributed by atoms with Crippen molar-refractivity contribution in [3.8, 4) is 11.5 Å². The molecule has 1 atom stereocenters. The SMILES string of the molecule is O=C(O)c1ccc(C(=O)N2CCCC2c2ccc3c(c2)OCO3)c(F)c1. The third-order valence-electron chi connectivity index (χ3n) is 4.74. The van der Waals surface area contributed by atoms with Gasteiger partial charge in [-0.25, -0.2) is 9.18 Å². The van der Waals surface area contributed by atoms with Gasteiger partial charge >= 0.3 is 5.97 Å². The van der Waals surface area contributed by atoms with Crippen molar-refractivity contribution in [2.24, 2.45) is 0 Å². The van der Waals surface area contributed by atoms with Crippen molar-refractivity contribution in [2.75, 3.05) is 13.3 Å². The maximum atomic E-state index is 14.3. The van der Waals surface area contributed by atoms with Crippen LogP contribution in [-0.4, -0.2) is 35.2 Å². The Morgan fingerprint density at radius 1 is 1.12 bits per heavy atom. The number of ether oxygens (including phenoxy) is 2. The largest absolute Gasteiger partial charge is 0.478 e. The molecule has 1 N–H and O–H groups in total. The number of carboxylic acids is 1. The Bertz CT molecular complexity index is 897. The van der Waals surface area contributed by atoms with Crippen molar-refractivity contribution in [1.82, 2.24) is 4.90 Å². The highest BCUT2D eigenvalue weighted by Crippen LogP contribution is 2.39. The second kappa shape index (κ2) is 6.33. The van der Waals surface area contributed by atoms with Crippen LogP contribution < -0.4 is 9.47 Å². The van der Waals surface area contributed by atoms with E-state index < -0.39 is 17.7 Å². The summed E-state index contributed by atoms with van der Waals surface area (Å²) in [6.07, 6.45) is 1.57. The molecule has 2 aromatic carbocycles. The molecular formula is C19H16FNO5. The predicted octanol–water partition coefficient (Wildman–Crippen LogP) is 3.23. The molecule has 1 unspecified atom stereocenters. The maximum Gasteiger partial charge on any atom is 0.335 e. The third-order valence-corrected chi connectivity index (χ3v) is 4.74. The molecule has 0 aromatic heterocycles. The molecule has 1 saturated heterocycles. The molecular weight excluding hydrogens is 341 g/mol. The number of likely N-dealkylation sites (tertiary alicyclic amines) is 1. The standard InChI is InChI=1S/C19H16FNO5/c20-14-8-12(19(23)24)3-5-13(14)18(22)21-7-1-2-15(21)11-4-6-16-17(9-11)26-10-25-16/h3-6,8-9,15H,1-2,7,10H2,(H,23,24). The molecule has 1 amide bonds. The van der Waals surface area contributed by atoms with Gasteiger partial charge in [-0.3, -0.25) is 4.79 Å². The normalized spacial score (nSPS) is 18.2. The van der Waals surface area contributed by atoms with Crippen molar-refractivity contribution in [2.45, 2.75) is 18.9 Å². The van der Waals surface area contributed by atoms with Crippen LogP contribution >= 0.6 is 0 Å². The van der Waals surface area contributed by atoms with E-state index in [1.807, 2.05) is 12.1 Å². The molecule has 6 nitrogen and oxygen atoms in total. The highest BCUT2D eigenvalue weighted by Gasteiger charge is 2.32. The van der Waals surface area contributed by atoms with Crippen molar-refractivity contribution >= 4 is 11.9 Å². The number of rotatable bonds is 3. The van der Waals surface area contributed by atoms with E-state index >= 15 is 0 Å². The van der Waals surface area contributed by atoms with E-state index in [1.165, 1.54) is 12.1 Å². The molecule has 134 valence electrons. The first kappa shape index (κ1) is 16.4. The second-order valence-corrected chi connectivity index (χ2v) is 6.27. The number of carbonyl (C=O) groups excluding carboxylic acids is 1. The van der Waals surface area contributed by atoms with Crippen molar-refractivity contribution < 1.29 is 28.6 Å². The minimum Gasteiger partial charge on any atom is -0.478 e. The lowest BCUT2D eigenvalue weighted by atomic mass is 10.0. The molecule has 0 spiro atoms. The van der Waals surface area contributed by atoms with Crippen LogP contribution in [0.25, 0.3) is 0 Å². The fraction of sp³-hybridized carbons (Fsp3) is 0.263. The van der Waals surface area contributed by atoms with E-state index in [9.17, 15) is 14.0 Å². The quantitative estimate of drug-likeness (QED) is 0.913. The molecule has 4 rings (SSSR count). The van der Waals surface area contributed by atoms with Gasteiger partial charge in [0, 0.05) is 6.54 Å². The van der Waals surface area contributed by atoms with Gasteiger partial charge in [0.05, 0.1) is 17.2 Å². The number of amides is 1. The van der Waals surface area contributed by atoms with E-state index in [0.717, 1.165) is 24.5 Å².